The van der Waals surface area contributed by atoms with Gasteiger partial charge in [-0.05, 0) is 36.8 Å². The smallest absolute Gasteiger partial charge is 0.124 e. The molecule has 0 saturated carbocycles. The van der Waals surface area contributed by atoms with E-state index in [4.69, 9.17) is 9.47 Å². The van der Waals surface area contributed by atoms with Gasteiger partial charge in [-0.3, -0.25) is 4.98 Å². The van der Waals surface area contributed by atoms with Crippen LogP contribution in [0.3, 0.4) is 0 Å². The highest BCUT2D eigenvalue weighted by atomic mass is 16.5. The van der Waals surface area contributed by atoms with E-state index in [0.29, 0.717) is 30.2 Å². The first-order valence-electron chi connectivity index (χ1n) is 7.16. The highest BCUT2D eigenvalue weighted by Gasteiger charge is 2.14. The summed E-state index contributed by atoms with van der Waals surface area (Å²) in [6.45, 7) is 3.01. The Bertz CT molecular complexity index is 599. The Morgan fingerprint density at radius 1 is 1.18 bits per heavy atom. The van der Waals surface area contributed by atoms with E-state index >= 15 is 0 Å². The van der Waals surface area contributed by atoms with E-state index in [-0.39, 0.29) is 0 Å². The average Bonchev–Trinajstić information content (AvgIpc) is 2.56. The summed E-state index contributed by atoms with van der Waals surface area (Å²) in [5, 5.41) is 13.6. The molecular weight excluding hydrogens is 280 g/mol. The first-order valence-corrected chi connectivity index (χ1v) is 7.16. The molecule has 2 aromatic rings. The van der Waals surface area contributed by atoms with Crippen LogP contribution in [0, 0.1) is 6.92 Å². The topological polar surface area (TPSA) is 63.6 Å². The molecule has 0 fully saturated rings. The number of aliphatic hydroxyl groups is 1. The van der Waals surface area contributed by atoms with E-state index < -0.39 is 6.10 Å². The maximum absolute atomic E-state index is 10.4. The standard InChI is InChI=1S/C17H22N2O3/c1-12-4-5-13(19-9-12)10-18-11-16(20)15-8-14(21-2)6-7-17(15)22-3/h4-9,16,18,20H,10-11H2,1-3H3. The molecule has 1 aromatic carbocycles. The van der Waals surface area contributed by atoms with Gasteiger partial charge in [0, 0.05) is 24.8 Å². The Balaban J connectivity index is 1.96. The lowest BCUT2D eigenvalue weighted by Crippen LogP contribution is -2.22. The monoisotopic (exact) mass is 302 g/mol. The van der Waals surface area contributed by atoms with Crippen molar-refractivity contribution in [1.29, 1.82) is 0 Å². The molecule has 0 aliphatic rings. The summed E-state index contributed by atoms with van der Waals surface area (Å²) in [4.78, 5) is 4.32. The molecule has 1 heterocycles. The molecule has 2 N–H and O–H groups in total. The number of hydrogen-bond acceptors (Lipinski definition) is 5. The van der Waals surface area contributed by atoms with Gasteiger partial charge in [-0.25, -0.2) is 0 Å². The van der Waals surface area contributed by atoms with E-state index in [2.05, 4.69) is 10.3 Å². The molecule has 0 bridgehead atoms. The SMILES string of the molecule is COc1ccc(OC)c(C(O)CNCc2ccc(C)cn2)c1. The van der Waals surface area contributed by atoms with Crippen molar-refractivity contribution in [2.75, 3.05) is 20.8 Å². The molecule has 5 nitrogen and oxygen atoms in total. The second kappa shape index (κ2) is 7.77. The largest absolute Gasteiger partial charge is 0.497 e. The van der Waals surface area contributed by atoms with Crippen molar-refractivity contribution in [2.45, 2.75) is 19.6 Å². The number of ether oxygens (including phenoxy) is 2. The van der Waals surface area contributed by atoms with Gasteiger partial charge in [0.1, 0.15) is 11.5 Å². The van der Waals surface area contributed by atoms with Crippen molar-refractivity contribution in [3.05, 3.63) is 53.3 Å². The number of aryl methyl sites for hydroxylation is 1. The van der Waals surface area contributed by atoms with Crippen LogP contribution in [-0.2, 0) is 6.54 Å². The van der Waals surface area contributed by atoms with Crippen molar-refractivity contribution in [3.63, 3.8) is 0 Å². The number of aromatic nitrogens is 1. The fourth-order valence-corrected chi connectivity index (χ4v) is 2.15. The van der Waals surface area contributed by atoms with Gasteiger partial charge in [0.2, 0.25) is 0 Å². The van der Waals surface area contributed by atoms with Crippen LogP contribution < -0.4 is 14.8 Å². The summed E-state index contributed by atoms with van der Waals surface area (Å²) in [5.41, 5.74) is 2.77. The first-order chi connectivity index (χ1) is 10.6. The van der Waals surface area contributed by atoms with E-state index in [9.17, 15) is 5.11 Å². The minimum atomic E-state index is -0.685. The number of nitrogens with one attached hydrogen (secondary N) is 1. The molecule has 0 radical (unpaired) electrons. The maximum atomic E-state index is 10.4. The molecule has 0 saturated heterocycles. The predicted octanol–water partition coefficient (Wildman–Crippen LogP) is 2.23. The third kappa shape index (κ3) is 4.19. The van der Waals surface area contributed by atoms with Crippen LogP contribution in [0.1, 0.15) is 22.9 Å². The summed E-state index contributed by atoms with van der Waals surface area (Å²) in [6.07, 6.45) is 1.15. The number of hydrogen-bond donors (Lipinski definition) is 2. The van der Waals surface area contributed by atoms with E-state index in [1.54, 1.807) is 32.4 Å². The second-order valence-corrected chi connectivity index (χ2v) is 5.08. The normalized spacial score (nSPS) is 12.0. The lowest BCUT2D eigenvalue weighted by atomic mass is 10.1. The zero-order valence-electron chi connectivity index (χ0n) is 13.2. The summed E-state index contributed by atoms with van der Waals surface area (Å²) >= 11 is 0. The maximum Gasteiger partial charge on any atom is 0.124 e. The lowest BCUT2D eigenvalue weighted by molar-refractivity contribution is 0.169. The molecule has 0 amide bonds. The van der Waals surface area contributed by atoms with Gasteiger partial charge < -0.3 is 19.9 Å². The van der Waals surface area contributed by atoms with Crippen molar-refractivity contribution < 1.29 is 14.6 Å². The zero-order chi connectivity index (χ0) is 15.9. The van der Waals surface area contributed by atoms with Crippen molar-refractivity contribution in [2.24, 2.45) is 0 Å². The zero-order valence-corrected chi connectivity index (χ0v) is 13.2. The first kappa shape index (κ1) is 16.3. The van der Waals surface area contributed by atoms with Gasteiger partial charge in [-0.1, -0.05) is 6.07 Å². The molecule has 1 aromatic heterocycles. The van der Waals surface area contributed by atoms with Crippen LogP contribution in [0.2, 0.25) is 0 Å². The van der Waals surface area contributed by atoms with Gasteiger partial charge in [0.15, 0.2) is 0 Å². The van der Waals surface area contributed by atoms with Crippen LogP contribution in [0.5, 0.6) is 11.5 Å². The quantitative estimate of drug-likeness (QED) is 0.821. The summed E-state index contributed by atoms with van der Waals surface area (Å²) in [7, 11) is 3.18. The van der Waals surface area contributed by atoms with Crippen molar-refractivity contribution >= 4 is 0 Å². The molecule has 0 aliphatic carbocycles. The highest BCUT2D eigenvalue weighted by Crippen LogP contribution is 2.29. The molecule has 22 heavy (non-hydrogen) atoms. The molecule has 1 unspecified atom stereocenters. The van der Waals surface area contributed by atoms with E-state index in [1.807, 2.05) is 25.3 Å². The summed E-state index contributed by atoms with van der Waals surface area (Å²) < 4.78 is 10.5. The van der Waals surface area contributed by atoms with E-state index in [0.717, 1.165) is 11.3 Å². The van der Waals surface area contributed by atoms with E-state index in [1.165, 1.54) is 0 Å². The number of rotatable bonds is 7. The number of nitrogens with zero attached hydrogens (tertiary/aromatic N) is 1. The van der Waals surface area contributed by atoms with Gasteiger partial charge >= 0.3 is 0 Å². The molecule has 1 atom stereocenters. The van der Waals surface area contributed by atoms with Gasteiger partial charge in [-0.2, -0.15) is 0 Å². The Kier molecular flexibility index (Phi) is 5.75. The average molecular weight is 302 g/mol. The highest BCUT2D eigenvalue weighted by molar-refractivity contribution is 5.41. The summed E-state index contributed by atoms with van der Waals surface area (Å²) in [5.74, 6) is 1.33. The Morgan fingerprint density at radius 3 is 2.64 bits per heavy atom. The van der Waals surface area contributed by atoms with Crippen LogP contribution in [-0.4, -0.2) is 30.9 Å². The lowest BCUT2D eigenvalue weighted by Gasteiger charge is -2.16. The molecule has 0 aliphatic heterocycles. The number of methoxy groups -OCH3 is 2. The Labute approximate surface area is 130 Å². The molecular formula is C17H22N2O3. The minimum absolute atomic E-state index is 0.402. The molecule has 118 valence electrons. The van der Waals surface area contributed by atoms with Crippen LogP contribution in [0.15, 0.2) is 36.5 Å². The minimum Gasteiger partial charge on any atom is -0.497 e. The molecule has 2 rings (SSSR count). The second-order valence-electron chi connectivity index (χ2n) is 5.08. The third-order valence-electron chi connectivity index (χ3n) is 3.41. The van der Waals surface area contributed by atoms with Crippen LogP contribution in [0.4, 0.5) is 0 Å². The number of benzene rings is 1. The predicted molar refractivity (Wildman–Crippen MR) is 85.2 cm³/mol. The molecule has 5 heteroatoms. The van der Waals surface area contributed by atoms with Crippen LogP contribution in [0.25, 0.3) is 0 Å². The van der Waals surface area contributed by atoms with Crippen molar-refractivity contribution in [3.8, 4) is 11.5 Å². The fraction of sp³-hybridized carbons (Fsp3) is 0.353. The number of aliphatic hydroxyl groups excluding tert-OH is 1. The Hall–Kier alpha value is -2.11. The third-order valence-corrected chi connectivity index (χ3v) is 3.41. The Morgan fingerprint density at radius 2 is 2.00 bits per heavy atom. The molecule has 0 spiro atoms. The van der Waals surface area contributed by atoms with Gasteiger partial charge in [-0.15, -0.1) is 0 Å². The van der Waals surface area contributed by atoms with Gasteiger partial charge in [0.05, 0.1) is 26.0 Å². The number of pyridine rings is 1. The van der Waals surface area contributed by atoms with Crippen molar-refractivity contribution in [1.82, 2.24) is 10.3 Å². The van der Waals surface area contributed by atoms with Crippen LogP contribution >= 0.6 is 0 Å². The van der Waals surface area contributed by atoms with Gasteiger partial charge in [0.25, 0.3) is 0 Å². The summed E-state index contributed by atoms with van der Waals surface area (Å²) in [6, 6.07) is 9.37. The fourth-order valence-electron chi connectivity index (χ4n) is 2.15.